The summed E-state index contributed by atoms with van der Waals surface area (Å²) in [7, 11) is -3.31. The van der Waals surface area contributed by atoms with Gasteiger partial charge in [0.15, 0.2) is 0 Å². The lowest BCUT2D eigenvalue weighted by atomic mass is 9.99. The molecule has 1 aromatic heterocycles. The Morgan fingerprint density at radius 2 is 2.47 bits per heavy atom. The topological polar surface area (TPSA) is 61.2 Å². The van der Waals surface area contributed by atoms with Crippen LogP contribution in [0.25, 0.3) is 0 Å². The lowest BCUT2D eigenvalue weighted by Crippen LogP contribution is -2.24. The van der Waals surface area contributed by atoms with Crippen LogP contribution in [-0.4, -0.2) is 30.8 Å². The first kappa shape index (κ1) is 10.6. The van der Waals surface area contributed by atoms with Gasteiger partial charge in [0.2, 0.25) is 0 Å². The van der Waals surface area contributed by atoms with Gasteiger partial charge in [-0.25, -0.2) is 4.98 Å². The van der Waals surface area contributed by atoms with Gasteiger partial charge in [-0.15, -0.1) is 0 Å². The van der Waals surface area contributed by atoms with Crippen molar-refractivity contribution in [1.29, 1.82) is 0 Å². The maximum Gasteiger partial charge on any atom is 0.264 e. The standard InChI is InChI=1S/C9H14N2O3S/c1-15(12,13)14-7-8-2-4-11-5-3-10-9(11)6-8/h3,5,8H,2,4,6-7H2,1H3. The highest BCUT2D eigenvalue weighted by atomic mass is 32.2. The van der Waals surface area contributed by atoms with Crippen LogP contribution in [0.3, 0.4) is 0 Å². The third kappa shape index (κ3) is 2.79. The molecule has 6 heteroatoms. The number of aryl methyl sites for hydroxylation is 1. The molecule has 0 amide bonds. The van der Waals surface area contributed by atoms with Crippen molar-refractivity contribution in [1.82, 2.24) is 9.55 Å². The molecule has 0 spiro atoms. The number of hydrogen-bond donors (Lipinski definition) is 0. The second-order valence-corrected chi connectivity index (χ2v) is 5.53. The Morgan fingerprint density at radius 1 is 1.67 bits per heavy atom. The molecule has 0 saturated carbocycles. The minimum absolute atomic E-state index is 0.259. The summed E-state index contributed by atoms with van der Waals surface area (Å²) in [6.45, 7) is 1.17. The van der Waals surface area contributed by atoms with Gasteiger partial charge in [0.05, 0.1) is 12.9 Å². The van der Waals surface area contributed by atoms with E-state index >= 15 is 0 Å². The number of nitrogens with zero attached hydrogens (tertiary/aromatic N) is 2. The van der Waals surface area contributed by atoms with Crippen molar-refractivity contribution in [3.05, 3.63) is 18.2 Å². The quantitative estimate of drug-likeness (QED) is 0.706. The lowest BCUT2D eigenvalue weighted by molar-refractivity contribution is 0.225. The molecule has 5 nitrogen and oxygen atoms in total. The number of fused-ring (bicyclic) bond motifs is 1. The van der Waals surface area contributed by atoms with E-state index in [4.69, 9.17) is 4.18 Å². The van der Waals surface area contributed by atoms with Gasteiger partial charge in [0.25, 0.3) is 10.1 Å². The molecule has 1 aromatic rings. The van der Waals surface area contributed by atoms with Crippen LogP contribution in [0, 0.1) is 5.92 Å². The zero-order valence-electron chi connectivity index (χ0n) is 8.59. The predicted molar refractivity (Wildman–Crippen MR) is 54.8 cm³/mol. The average Bonchev–Trinajstić information content (AvgIpc) is 2.60. The Bertz CT molecular complexity index is 438. The Labute approximate surface area is 89.2 Å². The first-order valence-electron chi connectivity index (χ1n) is 4.89. The fourth-order valence-corrected chi connectivity index (χ4v) is 2.22. The van der Waals surface area contributed by atoms with Gasteiger partial charge in [0.1, 0.15) is 5.82 Å². The minimum Gasteiger partial charge on any atom is -0.335 e. The van der Waals surface area contributed by atoms with Gasteiger partial charge < -0.3 is 4.57 Å². The van der Waals surface area contributed by atoms with Crippen LogP contribution >= 0.6 is 0 Å². The SMILES string of the molecule is CS(=O)(=O)OCC1CCn2ccnc2C1. The van der Waals surface area contributed by atoms with Crippen LogP contribution in [-0.2, 0) is 27.3 Å². The fraction of sp³-hybridized carbons (Fsp3) is 0.667. The van der Waals surface area contributed by atoms with Crippen molar-refractivity contribution in [2.75, 3.05) is 12.9 Å². The summed E-state index contributed by atoms with van der Waals surface area (Å²) in [6, 6.07) is 0. The number of imidazole rings is 1. The highest BCUT2D eigenvalue weighted by Crippen LogP contribution is 2.19. The number of rotatable bonds is 3. The molecule has 84 valence electrons. The highest BCUT2D eigenvalue weighted by molar-refractivity contribution is 7.85. The van der Waals surface area contributed by atoms with Crippen molar-refractivity contribution in [2.45, 2.75) is 19.4 Å². The molecule has 0 radical (unpaired) electrons. The molecule has 0 aliphatic carbocycles. The molecule has 1 aliphatic heterocycles. The van der Waals surface area contributed by atoms with E-state index in [-0.39, 0.29) is 12.5 Å². The van der Waals surface area contributed by atoms with Crippen molar-refractivity contribution in [2.24, 2.45) is 5.92 Å². The van der Waals surface area contributed by atoms with Crippen LogP contribution in [0.15, 0.2) is 12.4 Å². The van der Waals surface area contributed by atoms with Gasteiger partial charge in [-0.3, -0.25) is 4.18 Å². The molecule has 0 saturated heterocycles. The molecule has 2 heterocycles. The summed E-state index contributed by atoms with van der Waals surface area (Å²) in [5.41, 5.74) is 0. The van der Waals surface area contributed by atoms with Gasteiger partial charge in [-0.2, -0.15) is 8.42 Å². The van der Waals surface area contributed by atoms with E-state index < -0.39 is 10.1 Å². The Balaban J connectivity index is 1.93. The smallest absolute Gasteiger partial charge is 0.264 e. The molecule has 0 aromatic carbocycles. The zero-order valence-corrected chi connectivity index (χ0v) is 9.40. The van der Waals surface area contributed by atoms with Crippen molar-refractivity contribution in [3.8, 4) is 0 Å². The van der Waals surface area contributed by atoms with E-state index in [9.17, 15) is 8.42 Å². The lowest BCUT2D eigenvalue weighted by Gasteiger charge is -2.22. The number of aromatic nitrogens is 2. The summed E-state index contributed by atoms with van der Waals surface area (Å²) in [5.74, 6) is 1.28. The van der Waals surface area contributed by atoms with Crippen LogP contribution in [0.5, 0.6) is 0 Å². The molecule has 0 bridgehead atoms. The normalized spacial score (nSPS) is 21.3. The summed E-state index contributed by atoms with van der Waals surface area (Å²) in [4.78, 5) is 4.21. The first-order valence-corrected chi connectivity index (χ1v) is 6.70. The van der Waals surface area contributed by atoms with E-state index in [2.05, 4.69) is 9.55 Å². The molecule has 2 rings (SSSR count). The molecule has 1 aliphatic rings. The minimum atomic E-state index is -3.31. The third-order valence-electron chi connectivity index (χ3n) is 2.57. The highest BCUT2D eigenvalue weighted by Gasteiger charge is 2.20. The van der Waals surface area contributed by atoms with Crippen molar-refractivity contribution in [3.63, 3.8) is 0 Å². The molecule has 1 unspecified atom stereocenters. The molecular weight excluding hydrogens is 216 g/mol. The van der Waals surface area contributed by atoms with Gasteiger partial charge in [-0.1, -0.05) is 0 Å². The summed E-state index contributed by atoms with van der Waals surface area (Å²) < 4.78 is 28.5. The Kier molecular flexibility index (Phi) is 2.79. The van der Waals surface area contributed by atoms with E-state index in [0.29, 0.717) is 0 Å². The van der Waals surface area contributed by atoms with Gasteiger partial charge in [-0.05, 0) is 12.3 Å². The first-order chi connectivity index (χ1) is 7.04. The molecule has 1 atom stereocenters. The van der Waals surface area contributed by atoms with Crippen molar-refractivity contribution >= 4 is 10.1 Å². The van der Waals surface area contributed by atoms with E-state index in [0.717, 1.165) is 31.5 Å². The summed E-state index contributed by atoms with van der Waals surface area (Å²) in [5, 5.41) is 0. The van der Waals surface area contributed by atoms with E-state index in [1.165, 1.54) is 0 Å². The predicted octanol–water partition coefficient (Wildman–Crippen LogP) is 0.422. The van der Waals surface area contributed by atoms with Crippen LogP contribution in [0.4, 0.5) is 0 Å². The second kappa shape index (κ2) is 3.94. The number of hydrogen-bond acceptors (Lipinski definition) is 4. The second-order valence-electron chi connectivity index (χ2n) is 3.88. The molecule has 0 N–H and O–H groups in total. The molecule has 0 fully saturated rings. The van der Waals surface area contributed by atoms with E-state index in [1.807, 2.05) is 6.20 Å². The zero-order chi connectivity index (χ0) is 10.9. The Morgan fingerprint density at radius 3 is 3.20 bits per heavy atom. The van der Waals surface area contributed by atoms with E-state index in [1.54, 1.807) is 6.20 Å². The summed E-state index contributed by atoms with van der Waals surface area (Å²) in [6.07, 6.45) is 6.54. The average molecular weight is 230 g/mol. The maximum atomic E-state index is 10.8. The van der Waals surface area contributed by atoms with Crippen LogP contribution < -0.4 is 0 Å². The van der Waals surface area contributed by atoms with Gasteiger partial charge in [0, 0.05) is 25.4 Å². The van der Waals surface area contributed by atoms with Crippen LogP contribution in [0.2, 0.25) is 0 Å². The van der Waals surface area contributed by atoms with Gasteiger partial charge >= 0.3 is 0 Å². The molecule has 15 heavy (non-hydrogen) atoms. The monoisotopic (exact) mass is 230 g/mol. The Hall–Kier alpha value is -0.880. The third-order valence-corrected chi connectivity index (χ3v) is 3.13. The van der Waals surface area contributed by atoms with Crippen molar-refractivity contribution < 1.29 is 12.6 Å². The fourth-order valence-electron chi connectivity index (χ4n) is 1.78. The molecular formula is C9H14N2O3S. The maximum absolute atomic E-state index is 10.8. The van der Waals surface area contributed by atoms with Crippen LogP contribution in [0.1, 0.15) is 12.2 Å². The summed E-state index contributed by atoms with van der Waals surface area (Å²) >= 11 is 0. The largest absolute Gasteiger partial charge is 0.335 e.